The van der Waals surface area contributed by atoms with E-state index in [4.69, 9.17) is 0 Å². The van der Waals surface area contributed by atoms with Crippen LogP contribution in [0.15, 0.2) is 42.6 Å². The van der Waals surface area contributed by atoms with Gasteiger partial charge in [-0.05, 0) is 50.1 Å². The molecule has 0 saturated heterocycles. The predicted molar refractivity (Wildman–Crippen MR) is 88.2 cm³/mol. The molecule has 0 aliphatic heterocycles. The van der Waals surface area contributed by atoms with Gasteiger partial charge in [-0.25, -0.2) is 4.98 Å². The molecule has 22 heavy (non-hydrogen) atoms. The Morgan fingerprint density at radius 2 is 2.00 bits per heavy atom. The summed E-state index contributed by atoms with van der Waals surface area (Å²) in [5, 5.41) is 2.95. The zero-order chi connectivity index (χ0) is 15.7. The topological polar surface area (TPSA) is 46.4 Å². The van der Waals surface area contributed by atoms with Gasteiger partial charge in [0.15, 0.2) is 0 Å². The summed E-state index contributed by atoms with van der Waals surface area (Å²) in [6, 6.07) is 11.8. The van der Waals surface area contributed by atoms with Gasteiger partial charge in [-0.1, -0.05) is 18.2 Å². The SMILES string of the molecule is Cc1cccc(NC(=O)Cc2c(C)nc3c(C)cccn23)c1. The van der Waals surface area contributed by atoms with Crippen LogP contribution in [-0.2, 0) is 11.2 Å². The smallest absolute Gasteiger partial charge is 0.230 e. The van der Waals surface area contributed by atoms with E-state index in [0.29, 0.717) is 6.42 Å². The molecule has 1 aromatic carbocycles. The predicted octanol–water partition coefficient (Wildman–Crippen LogP) is 3.44. The standard InChI is InChI=1S/C18H19N3O/c1-12-6-4-8-15(10-12)20-17(22)11-16-14(3)19-18-13(2)7-5-9-21(16)18/h4-10H,11H2,1-3H3,(H,20,22). The van der Waals surface area contributed by atoms with Crippen molar-refractivity contribution in [2.24, 2.45) is 0 Å². The summed E-state index contributed by atoms with van der Waals surface area (Å²) >= 11 is 0. The highest BCUT2D eigenvalue weighted by Crippen LogP contribution is 2.17. The highest BCUT2D eigenvalue weighted by atomic mass is 16.1. The van der Waals surface area contributed by atoms with Crippen LogP contribution in [0.1, 0.15) is 22.5 Å². The van der Waals surface area contributed by atoms with Gasteiger partial charge in [-0.2, -0.15) is 0 Å². The second-order valence-corrected chi connectivity index (χ2v) is 5.62. The van der Waals surface area contributed by atoms with Gasteiger partial charge >= 0.3 is 0 Å². The second kappa shape index (κ2) is 5.64. The highest BCUT2D eigenvalue weighted by Gasteiger charge is 2.13. The molecule has 0 bridgehead atoms. The van der Waals surface area contributed by atoms with Gasteiger partial charge in [0, 0.05) is 11.9 Å². The lowest BCUT2D eigenvalue weighted by molar-refractivity contribution is -0.115. The van der Waals surface area contributed by atoms with E-state index in [1.807, 2.05) is 67.8 Å². The van der Waals surface area contributed by atoms with Crippen molar-refractivity contribution in [2.75, 3.05) is 5.32 Å². The van der Waals surface area contributed by atoms with Crippen molar-refractivity contribution in [3.05, 3.63) is 65.1 Å². The van der Waals surface area contributed by atoms with Crippen molar-refractivity contribution in [1.82, 2.24) is 9.38 Å². The molecule has 0 saturated carbocycles. The number of imidazole rings is 1. The molecule has 4 heteroatoms. The molecule has 2 heterocycles. The van der Waals surface area contributed by atoms with Gasteiger partial charge in [-0.3, -0.25) is 4.79 Å². The van der Waals surface area contributed by atoms with E-state index in [1.165, 1.54) is 0 Å². The molecule has 0 fully saturated rings. The molecule has 112 valence electrons. The molecule has 1 amide bonds. The van der Waals surface area contributed by atoms with Crippen molar-refractivity contribution in [1.29, 1.82) is 0 Å². The number of carbonyl (C=O) groups is 1. The average Bonchev–Trinajstić information content (AvgIpc) is 2.77. The maximum atomic E-state index is 12.3. The van der Waals surface area contributed by atoms with Crippen LogP contribution in [0.4, 0.5) is 5.69 Å². The molecule has 3 rings (SSSR count). The summed E-state index contributed by atoms with van der Waals surface area (Å²) < 4.78 is 2.00. The van der Waals surface area contributed by atoms with E-state index < -0.39 is 0 Å². The third kappa shape index (κ3) is 2.72. The third-order valence-electron chi connectivity index (χ3n) is 3.77. The van der Waals surface area contributed by atoms with E-state index in [9.17, 15) is 4.79 Å². The summed E-state index contributed by atoms with van der Waals surface area (Å²) in [4.78, 5) is 16.9. The third-order valence-corrected chi connectivity index (χ3v) is 3.77. The van der Waals surface area contributed by atoms with Crippen LogP contribution in [0.2, 0.25) is 0 Å². The zero-order valence-corrected chi connectivity index (χ0v) is 13.1. The summed E-state index contributed by atoms with van der Waals surface area (Å²) in [5.74, 6) is -0.0305. The van der Waals surface area contributed by atoms with Gasteiger partial charge < -0.3 is 9.72 Å². The lowest BCUT2D eigenvalue weighted by Gasteiger charge is -2.07. The molecule has 0 radical (unpaired) electrons. The summed E-state index contributed by atoms with van der Waals surface area (Å²) in [6.45, 7) is 5.98. The monoisotopic (exact) mass is 293 g/mol. The first kappa shape index (κ1) is 14.3. The largest absolute Gasteiger partial charge is 0.326 e. The number of aromatic nitrogens is 2. The summed E-state index contributed by atoms with van der Waals surface area (Å²) in [5.41, 5.74) is 5.80. The summed E-state index contributed by atoms with van der Waals surface area (Å²) in [7, 11) is 0. The number of amides is 1. The number of pyridine rings is 1. The van der Waals surface area contributed by atoms with E-state index in [0.717, 1.165) is 33.8 Å². The first-order valence-corrected chi connectivity index (χ1v) is 7.34. The molecule has 0 spiro atoms. The summed E-state index contributed by atoms with van der Waals surface area (Å²) in [6.07, 6.45) is 2.27. The Kier molecular flexibility index (Phi) is 3.67. The zero-order valence-electron chi connectivity index (χ0n) is 13.1. The maximum absolute atomic E-state index is 12.3. The van der Waals surface area contributed by atoms with Crippen LogP contribution in [0.25, 0.3) is 5.65 Å². The second-order valence-electron chi connectivity index (χ2n) is 5.62. The molecule has 0 unspecified atom stereocenters. The molecule has 0 aliphatic carbocycles. The number of hydrogen-bond acceptors (Lipinski definition) is 2. The number of anilines is 1. The quantitative estimate of drug-likeness (QED) is 0.804. The van der Waals surface area contributed by atoms with Gasteiger partial charge in [-0.15, -0.1) is 0 Å². The molecule has 4 nitrogen and oxygen atoms in total. The number of hydrogen-bond donors (Lipinski definition) is 1. The van der Waals surface area contributed by atoms with Gasteiger partial charge in [0.05, 0.1) is 17.8 Å². The average molecular weight is 293 g/mol. The van der Waals surface area contributed by atoms with Crippen molar-refractivity contribution < 1.29 is 4.79 Å². The molecular weight excluding hydrogens is 274 g/mol. The Morgan fingerprint density at radius 1 is 1.18 bits per heavy atom. The van der Waals surface area contributed by atoms with Gasteiger partial charge in [0.1, 0.15) is 5.65 Å². The minimum atomic E-state index is -0.0305. The molecule has 0 atom stereocenters. The van der Waals surface area contributed by atoms with E-state index in [2.05, 4.69) is 10.3 Å². The van der Waals surface area contributed by atoms with Crippen LogP contribution in [-0.4, -0.2) is 15.3 Å². The molecule has 3 aromatic rings. The number of aryl methyl sites for hydroxylation is 3. The first-order valence-electron chi connectivity index (χ1n) is 7.34. The first-order chi connectivity index (χ1) is 10.5. The highest BCUT2D eigenvalue weighted by molar-refractivity contribution is 5.92. The lowest BCUT2D eigenvalue weighted by atomic mass is 10.2. The van der Waals surface area contributed by atoms with Gasteiger partial charge in [0.2, 0.25) is 5.91 Å². The van der Waals surface area contributed by atoms with E-state index >= 15 is 0 Å². The van der Waals surface area contributed by atoms with Crippen molar-refractivity contribution in [2.45, 2.75) is 27.2 Å². The number of nitrogens with one attached hydrogen (secondary N) is 1. The van der Waals surface area contributed by atoms with Crippen LogP contribution < -0.4 is 5.32 Å². The fourth-order valence-corrected chi connectivity index (χ4v) is 2.66. The van der Waals surface area contributed by atoms with Crippen LogP contribution >= 0.6 is 0 Å². The fourth-order valence-electron chi connectivity index (χ4n) is 2.66. The normalized spacial score (nSPS) is 10.9. The minimum absolute atomic E-state index is 0.0305. The van der Waals surface area contributed by atoms with Crippen LogP contribution in [0.5, 0.6) is 0 Å². The van der Waals surface area contributed by atoms with Crippen molar-refractivity contribution in [3.8, 4) is 0 Å². The lowest BCUT2D eigenvalue weighted by Crippen LogP contribution is -2.16. The van der Waals surface area contributed by atoms with E-state index in [-0.39, 0.29) is 5.91 Å². The molecule has 2 aromatic heterocycles. The Balaban J connectivity index is 1.85. The minimum Gasteiger partial charge on any atom is -0.326 e. The Hall–Kier alpha value is -2.62. The van der Waals surface area contributed by atoms with Gasteiger partial charge in [0.25, 0.3) is 0 Å². The number of nitrogens with zero attached hydrogens (tertiary/aromatic N) is 2. The number of fused-ring (bicyclic) bond motifs is 1. The molecule has 1 N–H and O–H groups in total. The fraction of sp³-hybridized carbons (Fsp3) is 0.222. The number of benzene rings is 1. The number of rotatable bonds is 3. The molecular formula is C18H19N3O. The Labute approximate surface area is 129 Å². The molecule has 0 aliphatic rings. The van der Waals surface area contributed by atoms with Crippen LogP contribution in [0.3, 0.4) is 0 Å². The Morgan fingerprint density at radius 3 is 2.77 bits per heavy atom. The van der Waals surface area contributed by atoms with E-state index in [1.54, 1.807) is 0 Å². The number of carbonyl (C=O) groups excluding carboxylic acids is 1. The van der Waals surface area contributed by atoms with Crippen LogP contribution in [0, 0.1) is 20.8 Å². The Bertz CT molecular complexity index is 849. The van der Waals surface area contributed by atoms with Crippen molar-refractivity contribution in [3.63, 3.8) is 0 Å². The maximum Gasteiger partial charge on any atom is 0.230 e. The van der Waals surface area contributed by atoms with Crippen molar-refractivity contribution >= 4 is 17.2 Å².